The number of nitrogens with zero attached hydrogens (tertiary/aromatic N) is 2. The van der Waals surface area contributed by atoms with Gasteiger partial charge in [-0.25, -0.2) is 8.42 Å². The van der Waals surface area contributed by atoms with Gasteiger partial charge in [0.25, 0.3) is 10.0 Å². The maximum absolute atomic E-state index is 14.1. The van der Waals surface area contributed by atoms with Crippen LogP contribution in [0.25, 0.3) is 0 Å². The Labute approximate surface area is 245 Å². The molecule has 0 fully saturated rings. The van der Waals surface area contributed by atoms with Crippen molar-refractivity contribution in [3.05, 3.63) is 88.4 Å². The molecule has 3 aromatic carbocycles. The summed E-state index contributed by atoms with van der Waals surface area (Å²) in [5.41, 5.74) is 0.690. The molecular formula is C29H33Cl2N3O5S. The zero-order valence-electron chi connectivity index (χ0n) is 22.6. The molecule has 1 N–H and O–H groups in total. The Morgan fingerprint density at radius 3 is 2.20 bits per heavy atom. The first-order valence-corrected chi connectivity index (χ1v) is 15.1. The first-order chi connectivity index (χ1) is 19.1. The second-order valence-electron chi connectivity index (χ2n) is 8.96. The minimum atomic E-state index is -4.19. The predicted molar refractivity (Wildman–Crippen MR) is 158 cm³/mol. The van der Waals surface area contributed by atoms with Crippen molar-refractivity contribution in [3.63, 3.8) is 0 Å². The fourth-order valence-corrected chi connectivity index (χ4v) is 6.10. The quantitative estimate of drug-likeness (QED) is 0.276. The van der Waals surface area contributed by atoms with Gasteiger partial charge < -0.3 is 15.0 Å². The van der Waals surface area contributed by atoms with Crippen LogP contribution >= 0.6 is 23.2 Å². The molecule has 40 heavy (non-hydrogen) atoms. The standard InChI is InChI=1S/C29H33Cl2N3O5S/c1-4-17-32-29(36)27(5-2)33(19-24-25(30)15-10-16-26(24)31)28(35)20-34(21-11-9-12-22(18-21)39-3)40(37,38)23-13-7-6-8-14-23/h6-16,18,27H,4-5,17,19-20H2,1-3H3,(H,32,36)/t27-/m1/s1. The SMILES string of the molecule is CCCNC(=O)[C@@H](CC)N(Cc1c(Cl)cccc1Cl)C(=O)CN(c1cccc(OC)c1)S(=O)(=O)c1ccccc1. The number of carbonyl (C=O) groups is 2. The zero-order valence-corrected chi connectivity index (χ0v) is 25.0. The van der Waals surface area contributed by atoms with Crippen molar-refractivity contribution in [1.29, 1.82) is 0 Å². The molecule has 8 nitrogen and oxygen atoms in total. The van der Waals surface area contributed by atoms with Crippen molar-refractivity contribution in [2.24, 2.45) is 0 Å². The van der Waals surface area contributed by atoms with Gasteiger partial charge in [0.1, 0.15) is 18.3 Å². The Balaban J connectivity index is 2.10. The molecule has 11 heteroatoms. The van der Waals surface area contributed by atoms with Crippen LogP contribution in [0.15, 0.2) is 77.7 Å². The fraction of sp³-hybridized carbons (Fsp3) is 0.310. The molecule has 2 amide bonds. The first kappa shape index (κ1) is 31.3. The van der Waals surface area contributed by atoms with E-state index in [1.54, 1.807) is 61.5 Å². The molecule has 0 aliphatic heterocycles. The highest BCUT2D eigenvalue weighted by molar-refractivity contribution is 7.92. The second kappa shape index (κ2) is 14.4. The summed E-state index contributed by atoms with van der Waals surface area (Å²) in [4.78, 5) is 28.6. The summed E-state index contributed by atoms with van der Waals surface area (Å²) in [5.74, 6) is -0.528. The number of amides is 2. The second-order valence-corrected chi connectivity index (χ2v) is 11.6. The zero-order chi connectivity index (χ0) is 29.3. The molecule has 0 saturated heterocycles. The van der Waals surface area contributed by atoms with E-state index in [1.165, 1.54) is 30.2 Å². The van der Waals surface area contributed by atoms with Crippen molar-refractivity contribution in [2.45, 2.75) is 44.2 Å². The summed E-state index contributed by atoms with van der Waals surface area (Å²) >= 11 is 12.9. The van der Waals surface area contributed by atoms with E-state index in [0.29, 0.717) is 34.3 Å². The van der Waals surface area contributed by atoms with Crippen molar-refractivity contribution in [3.8, 4) is 5.75 Å². The van der Waals surface area contributed by atoms with Gasteiger partial charge in [0.2, 0.25) is 11.8 Å². The summed E-state index contributed by atoms with van der Waals surface area (Å²) in [6.07, 6.45) is 0.999. The summed E-state index contributed by atoms with van der Waals surface area (Å²) in [5, 5.41) is 3.50. The minimum absolute atomic E-state index is 0.0130. The van der Waals surface area contributed by atoms with Gasteiger partial charge in [-0.15, -0.1) is 0 Å². The molecule has 214 valence electrons. The van der Waals surface area contributed by atoms with Gasteiger partial charge in [-0.2, -0.15) is 0 Å². The van der Waals surface area contributed by atoms with Gasteiger partial charge in [-0.3, -0.25) is 13.9 Å². The van der Waals surface area contributed by atoms with E-state index in [4.69, 9.17) is 27.9 Å². The van der Waals surface area contributed by atoms with Crippen LogP contribution in [0.3, 0.4) is 0 Å². The van der Waals surface area contributed by atoms with Crippen molar-refractivity contribution in [1.82, 2.24) is 10.2 Å². The topological polar surface area (TPSA) is 96.0 Å². The van der Waals surface area contributed by atoms with Crippen molar-refractivity contribution in [2.75, 3.05) is 24.5 Å². The van der Waals surface area contributed by atoms with Crippen molar-refractivity contribution < 1.29 is 22.7 Å². The van der Waals surface area contributed by atoms with Gasteiger partial charge in [0.15, 0.2) is 0 Å². The molecule has 0 unspecified atom stereocenters. The molecular weight excluding hydrogens is 573 g/mol. The van der Waals surface area contributed by atoms with E-state index in [1.807, 2.05) is 6.92 Å². The number of rotatable bonds is 13. The first-order valence-electron chi connectivity index (χ1n) is 12.9. The van der Waals surface area contributed by atoms with E-state index in [0.717, 1.165) is 4.31 Å². The van der Waals surface area contributed by atoms with Crippen LogP contribution in [0.5, 0.6) is 5.75 Å². The molecule has 0 aliphatic carbocycles. The van der Waals surface area contributed by atoms with E-state index < -0.39 is 28.5 Å². The number of benzene rings is 3. The van der Waals surface area contributed by atoms with Gasteiger partial charge in [0.05, 0.1) is 17.7 Å². The number of hydrogen-bond donors (Lipinski definition) is 1. The predicted octanol–water partition coefficient (Wildman–Crippen LogP) is 5.53. The highest BCUT2D eigenvalue weighted by Crippen LogP contribution is 2.30. The third kappa shape index (κ3) is 7.47. The van der Waals surface area contributed by atoms with Crippen LogP contribution in [0.1, 0.15) is 32.3 Å². The summed E-state index contributed by atoms with van der Waals surface area (Å²) in [6.45, 7) is 3.47. The molecule has 0 bridgehead atoms. The highest BCUT2D eigenvalue weighted by atomic mass is 35.5. The lowest BCUT2D eigenvalue weighted by atomic mass is 10.1. The monoisotopic (exact) mass is 605 g/mol. The lowest BCUT2D eigenvalue weighted by Crippen LogP contribution is -2.52. The minimum Gasteiger partial charge on any atom is -0.497 e. The number of methoxy groups -OCH3 is 1. The van der Waals surface area contributed by atoms with Crippen LogP contribution in [0.4, 0.5) is 5.69 Å². The molecule has 0 saturated carbocycles. The molecule has 3 rings (SSSR count). The Bertz CT molecular complexity index is 1400. The maximum Gasteiger partial charge on any atom is 0.264 e. The average molecular weight is 607 g/mol. The maximum atomic E-state index is 14.1. The Morgan fingerprint density at radius 1 is 0.950 bits per heavy atom. The largest absolute Gasteiger partial charge is 0.497 e. The average Bonchev–Trinajstić information content (AvgIpc) is 2.96. The van der Waals surface area contributed by atoms with E-state index in [2.05, 4.69) is 5.32 Å². The molecule has 0 radical (unpaired) electrons. The lowest BCUT2D eigenvalue weighted by Gasteiger charge is -2.33. The molecule has 3 aromatic rings. The van der Waals surface area contributed by atoms with E-state index in [9.17, 15) is 18.0 Å². The lowest BCUT2D eigenvalue weighted by molar-refractivity contribution is -0.140. The van der Waals surface area contributed by atoms with E-state index >= 15 is 0 Å². The third-order valence-corrected chi connectivity index (χ3v) is 8.77. The Kier molecular flexibility index (Phi) is 11.2. The summed E-state index contributed by atoms with van der Waals surface area (Å²) < 4.78 is 34.1. The number of ether oxygens (including phenoxy) is 1. The van der Waals surface area contributed by atoms with E-state index in [-0.39, 0.29) is 29.5 Å². The molecule has 0 aromatic heterocycles. The summed E-state index contributed by atoms with van der Waals surface area (Å²) in [6, 6.07) is 18.4. The summed E-state index contributed by atoms with van der Waals surface area (Å²) in [7, 11) is -2.72. The van der Waals surface area contributed by atoms with Gasteiger partial charge in [-0.1, -0.05) is 67.4 Å². The number of hydrogen-bond acceptors (Lipinski definition) is 5. The molecule has 1 atom stereocenters. The highest BCUT2D eigenvalue weighted by Gasteiger charge is 2.34. The van der Waals surface area contributed by atoms with Crippen LogP contribution in [-0.4, -0.2) is 51.4 Å². The normalized spacial score (nSPS) is 11.9. The number of carbonyl (C=O) groups excluding carboxylic acids is 2. The number of nitrogens with one attached hydrogen (secondary N) is 1. The number of halogens is 2. The number of anilines is 1. The molecule has 0 aliphatic rings. The van der Waals surface area contributed by atoms with Crippen LogP contribution in [0.2, 0.25) is 10.0 Å². The Morgan fingerprint density at radius 2 is 1.60 bits per heavy atom. The van der Waals surface area contributed by atoms with Crippen LogP contribution < -0.4 is 14.4 Å². The fourth-order valence-electron chi connectivity index (χ4n) is 4.15. The molecule has 0 heterocycles. The smallest absolute Gasteiger partial charge is 0.264 e. The van der Waals surface area contributed by atoms with Crippen LogP contribution in [0, 0.1) is 0 Å². The molecule has 0 spiro atoms. The number of sulfonamides is 1. The van der Waals surface area contributed by atoms with Gasteiger partial charge >= 0.3 is 0 Å². The van der Waals surface area contributed by atoms with Crippen molar-refractivity contribution >= 4 is 50.7 Å². The third-order valence-electron chi connectivity index (χ3n) is 6.28. The van der Waals surface area contributed by atoms with Gasteiger partial charge in [0, 0.05) is 34.8 Å². The Hall–Kier alpha value is -3.27. The van der Waals surface area contributed by atoms with Crippen LogP contribution in [-0.2, 0) is 26.2 Å². The van der Waals surface area contributed by atoms with Gasteiger partial charge in [-0.05, 0) is 49.2 Å².